The molecule has 1 atom stereocenters. The quantitative estimate of drug-likeness (QED) is 0.777. The summed E-state index contributed by atoms with van der Waals surface area (Å²) >= 11 is 6.03. The van der Waals surface area contributed by atoms with Crippen LogP contribution in [0, 0.1) is 0 Å². The number of benzene rings is 1. The van der Waals surface area contributed by atoms with Crippen molar-refractivity contribution in [1.82, 2.24) is 0 Å². The summed E-state index contributed by atoms with van der Waals surface area (Å²) in [6.07, 6.45) is 0.816. The van der Waals surface area contributed by atoms with Gasteiger partial charge in [-0.1, -0.05) is 11.6 Å². The molecule has 0 saturated heterocycles. The summed E-state index contributed by atoms with van der Waals surface area (Å²) in [6.45, 7) is 0.625. The Morgan fingerprint density at radius 3 is 3.07 bits per heavy atom. The fraction of sp³-hybridized carbons (Fsp3) is 0.400. The highest BCUT2D eigenvalue weighted by Crippen LogP contribution is 2.39. The van der Waals surface area contributed by atoms with Crippen LogP contribution in [-0.2, 0) is 0 Å². The molecule has 3 nitrogen and oxygen atoms in total. The number of halogens is 1. The number of ether oxygens (including phenoxy) is 2. The molecule has 2 rings (SSSR count). The molecule has 2 N–H and O–H groups in total. The maximum atomic E-state index is 6.03. The van der Waals surface area contributed by atoms with Gasteiger partial charge in [-0.15, -0.1) is 0 Å². The Balaban J connectivity index is 2.51. The predicted octanol–water partition coefficient (Wildman–Crippen LogP) is 2.13. The number of rotatable bonds is 1. The van der Waals surface area contributed by atoms with Crippen molar-refractivity contribution in [1.29, 1.82) is 0 Å². The van der Waals surface area contributed by atoms with Crippen molar-refractivity contribution in [3.05, 3.63) is 22.7 Å². The summed E-state index contributed by atoms with van der Waals surface area (Å²) in [5.74, 6) is 1.42. The molecule has 0 fully saturated rings. The third-order valence-corrected chi connectivity index (χ3v) is 2.64. The summed E-state index contributed by atoms with van der Waals surface area (Å²) in [4.78, 5) is 0. The Hall–Kier alpha value is -0.930. The van der Waals surface area contributed by atoms with Gasteiger partial charge in [-0.2, -0.15) is 0 Å². The lowest BCUT2D eigenvalue weighted by Gasteiger charge is -2.24. The Morgan fingerprint density at radius 1 is 1.57 bits per heavy atom. The van der Waals surface area contributed by atoms with Crippen molar-refractivity contribution in [3.8, 4) is 11.5 Å². The largest absolute Gasteiger partial charge is 0.497 e. The van der Waals surface area contributed by atoms with Crippen molar-refractivity contribution in [2.75, 3.05) is 13.7 Å². The van der Waals surface area contributed by atoms with Gasteiger partial charge in [0.25, 0.3) is 0 Å². The van der Waals surface area contributed by atoms with Crippen molar-refractivity contribution in [3.63, 3.8) is 0 Å². The van der Waals surface area contributed by atoms with E-state index in [1.165, 1.54) is 0 Å². The van der Waals surface area contributed by atoms with E-state index in [1.807, 2.05) is 6.07 Å². The minimum absolute atomic E-state index is 0.00801. The minimum atomic E-state index is -0.00801. The highest BCUT2D eigenvalue weighted by atomic mass is 35.5. The highest BCUT2D eigenvalue weighted by molar-refractivity contribution is 6.32. The normalized spacial score (nSPS) is 19.8. The summed E-state index contributed by atoms with van der Waals surface area (Å²) < 4.78 is 10.6. The fourth-order valence-corrected chi connectivity index (χ4v) is 1.85. The van der Waals surface area contributed by atoms with Crippen LogP contribution in [0.1, 0.15) is 18.0 Å². The number of nitrogens with two attached hydrogens (primary N) is 1. The van der Waals surface area contributed by atoms with Gasteiger partial charge in [-0.25, -0.2) is 0 Å². The lowest BCUT2D eigenvalue weighted by atomic mass is 10.0. The molecule has 0 unspecified atom stereocenters. The van der Waals surface area contributed by atoms with Gasteiger partial charge >= 0.3 is 0 Å². The Bertz CT molecular complexity index is 354. The summed E-state index contributed by atoms with van der Waals surface area (Å²) in [6, 6.07) is 3.61. The topological polar surface area (TPSA) is 44.5 Å². The van der Waals surface area contributed by atoms with Crippen molar-refractivity contribution >= 4 is 11.6 Å². The number of methoxy groups -OCH3 is 1. The smallest absolute Gasteiger partial charge is 0.142 e. The monoisotopic (exact) mass is 213 g/mol. The van der Waals surface area contributed by atoms with Crippen molar-refractivity contribution in [2.24, 2.45) is 5.73 Å². The Kier molecular flexibility index (Phi) is 2.52. The van der Waals surface area contributed by atoms with E-state index >= 15 is 0 Å². The first kappa shape index (κ1) is 9.62. The number of hydrogen-bond acceptors (Lipinski definition) is 3. The second kappa shape index (κ2) is 3.67. The molecule has 4 heteroatoms. The summed E-state index contributed by atoms with van der Waals surface area (Å²) in [7, 11) is 1.60. The first-order chi connectivity index (χ1) is 6.72. The molecule has 1 heterocycles. The lowest BCUT2D eigenvalue weighted by molar-refractivity contribution is 0.268. The van der Waals surface area contributed by atoms with E-state index in [0.717, 1.165) is 17.7 Å². The first-order valence-corrected chi connectivity index (χ1v) is 4.86. The number of fused-ring (bicyclic) bond motifs is 1. The molecule has 1 aliphatic rings. The molecule has 0 bridgehead atoms. The molecular weight excluding hydrogens is 202 g/mol. The van der Waals surface area contributed by atoms with Gasteiger partial charge < -0.3 is 15.2 Å². The zero-order chi connectivity index (χ0) is 10.1. The van der Waals surface area contributed by atoms with E-state index in [-0.39, 0.29) is 6.04 Å². The Labute approximate surface area is 87.8 Å². The molecule has 14 heavy (non-hydrogen) atoms. The second-order valence-corrected chi connectivity index (χ2v) is 3.68. The average molecular weight is 214 g/mol. The van der Waals surface area contributed by atoms with Crippen LogP contribution in [0.4, 0.5) is 0 Å². The Morgan fingerprint density at radius 2 is 2.36 bits per heavy atom. The van der Waals surface area contributed by atoms with Crippen LogP contribution in [-0.4, -0.2) is 13.7 Å². The van der Waals surface area contributed by atoms with E-state index in [4.69, 9.17) is 26.8 Å². The van der Waals surface area contributed by atoms with Crippen molar-refractivity contribution < 1.29 is 9.47 Å². The molecule has 0 saturated carbocycles. The van der Waals surface area contributed by atoms with Crippen LogP contribution in [0.15, 0.2) is 12.1 Å². The van der Waals surface area contributed by atoms with E-state index < -0.39 is 0 Å². The van der Waals surface area contributed by atoms with Crippen LogP contribution in [0.2, 0.25) is 5.02 Å². The van der Waals surface area contributed by atoms with Crippen LogP contribution in [0.3, 0.4) is 0 Å². The molecule has 0 aromatic heterocycles. The summed E-state index contributed by atoms with van der Waals surface area (Å²) in [5, 5.41) is 0.564. The van der Waals surface area contributed by atoms with Gasteiger partial charge in [0.15, 0.2) is 0 Å². The van der Waals surface area contributed by atoms with Crippen LogP contribution in [0.5, 0.6) is 11.5 Å². The minimum Gasteiger partial charge on any atom is -0.497 e. The van der Waals surface area contributed by atoms with Gasteiger partial charge in [-0.3, -0.25) is 0 Å². The van der Waals surface area contributed by atoms with E-state index in [2.05, 4.69) is 0 Å². The first-order valence-electron chi connectivity index (χ1n) is 4.48. The lowest BCUT2D eigenvalue weighted by Crippen LogP contribution is -2.20. The van der Waals surface area contributed by atoms with Crippen LogP contribution >= 0.6 is 11.6 Å². The third-order valence-electron chi connectivity index (χ3n) is 2.36. The molecule has 76 valence electrons. The molecule has 0 spiro atoms. The maximum absolute atomic E-state index is 6.03. The molecular formula is C10H12ClNO2. The maximum Gasteiger partial charge on any atom is 0.142 e. The summed E-state index contributed by atoms with van der Waals surface area (Å²) in [5.41, 5.74) is 6.88. The fourth-order valence-electron chi connectivity index (χ4n) is 1.58. The zero-order valence-corrected chi connectivity index (χ0v) is 8.67. The average Bonchev–Trinajstić information content (AvgIpc) is 2.19. The van der Waals surface area contributed by atoms with Crippen molar-refractivity contribution in [2.45, 2.75) is 12.5 Å². The van der Waals surface area contributed by atoms with E-state index in [9.17, 15) is 0 Å². The van der Waals surface area contributed by atoms with Gasteiger partial charge in [0.2, 0.25) is 0 Å². The van der Waals surface area contributed by atoms with Gasteiger partial charge in [0, 0.05) is 24.1 Å². The van der Waals surface area contributed by atoms with E-state index in [0.29, 0.717) is 17.4 Å². The van der Waals surface area contributed by atoms with Gasteiger partial charge in [-0.05, 0) is 6.07 Å². The molecule has 0 radical (unpaired) electrons. The van der Waals surface area contributed by atoms with E-state index in [1.54, 1.807) is 13.2 Å². The zero-order valence-electron chi connectivity index (χ0n) is 7.92. The molecule has 0 amide bonds. The number of hydrogen-bond donors (Lipinski definition) is 1. The molecule has 1 aliphatic heterocycles. The molecule has 1 aromatic rings. The highest BCUT2D eigenvalue weighted by Gasteiger charge is 2.21. The van der Waals surface area contributed by atoms with Gasteiger partial charge in [0.1, 0.15) is 11.5 Å². The predicted molar refractivity (Wildman–Crippen MR) is 55.0 cm³/mol. The SMILES string of the molecule is COc1cc(Cl)c2c(c1)[C@@H](N)CCO2. The van der Waals surface area contributed by atoms with Crippen LogP contribution < -0.4 is 15.2 Å². The second-order valence-electron chi connectivity index (χ2n) is 3.27. The molecule has 1 aromatic carbocycles. The molecule has 0 aliphatic carbocycles. The van der Waals surface area contributed by atoms with Gasteiger partial charge in [0.05, 0.1) is 18.7 Å². The third kappa shape index (κ3) is 1.53. The van der Waals surface area contributed by atoms with Crippen LogP contribution in [0.25, 0.3) is 0 Å². The standard InChI is InChI=1S/C10H12ClNO2/c1-13-6-4-7-9(12)2-3-14-10(7)8(11)5-6/h4-5,9H,2-3,12H2,1H3/t9-/m0/s1.